The van der Waals surface area contributed by atoms with Gasteiger partial charge in [0.2, 0.25) is 5.89 Å². The van der Waals surface area contributed by atoms with Crippen LogP contribution in [0.2, 0.25) is 0 Å². The van der Waals surface area contributed by atoms with Gasteiger partial charge in [-0.15, -0.1) is 0 Å². The van der Waals surface area contributed by atoms with Crippen LogP contribution >= 0.6 is 0 Å². The number of halogens is 1. The molecule has 1 aromatic carbocycles. The predicted octanol–water partition coefficient (Wildman–Crippen LogP) is 2.77. The number of hydrogen-bond donors (Lipinski definition) is 2. The molecule has 118 valence electrons. The summed E-state index contributed by atoms with van der Waals surface area (Å²) in [7, 11) is 0. The quantitative estimate of drug-likeness (QED) is 0.731. The zero-order valence-electron chi connectivity index (χ0n) is 12.4. The van der Waals surface area contributed by atoms with E-state index in [4.69, 9.17) is 4.52 Å². The van der Waals surface area contributed by atoms with E-state index in [1.807, 2.05) is 0 Å². The largest absolute Gasteiger partial charge is 0.339 e. The average molecular weight is 313 g/mol. The number of H-pyrrole nitrogens is 1. The van der Waals surface area contributed by atoms with Crippen molar-refractivity contribution < 1.29 is 8.91 Å². The van der Waals surface area contributed by atoms with Crippen LogP contribution in [-0.4, -0.2) is 20.3 Å². The van der Waals surface area contributed by atoms with Gasteiger partial charge in [-0.2, -0.15) is 10.1 Å². The molecule has 1 aliphatic carbocycles. The predicted molar refractivity (Wildman–Crippen MR) is 80.8 cm³/mol. The molecule has 7 heteroatoms. The van der Waals surface area contributed by atoms with Crippen molar-refractivity contribution in [2.24, 2.45) is 0 Å². The lowest BCUT2D eigenvalue weighted by Gasteiger charge is -2.04. The van der Waals surface area contributed by atoms with Crippen LogP contribution in [-0.2, 0) is 13.1 Å². The Bertz CT molecular complexity index is 791. The first-order chi connectivity index (χ1) is 11.3. The minimum atomic E-state index is -0.253. The highest BCUT2D eigenvalue weighted by atomic mass is 19.1. The van der Waals surface area contributed by atoms with Gasteiger partial charge >= 0.3 is 0 Å². The van der Waals surface area contributed by atoms with Crippen LogP contribution in [0.4, 0.5) is 4.39 Å². The molecule has 0 spiro atoms. The van der Waals surface area contributed by atoms with Crippen molar-refractivity contribution in [3.8, 4) is 11.3 Å². The zero-order valence-corrected chi connectivity index (χ0v) is 12.4. The van der Waals surface area contributed by atoms with Crippen LogP contribution in [0.3, 0.4) is 0 Å². The molecule has 2 heterocycles. The van der Waals surface area contributed by atoms with E-state index in [9.17, 15) is 4.39 Å². The summed E-state index contributed by atoms with van der Waals surface area (Å²) in [6.45, 7) is 1.14. The van der Waals surface area contributed by atoms with Gasteiger partial charge < -0.3 is 9.84 Å². The van der Waals surface area contributed by atoms with Gasteiger partial charge in [0.25, 0.3) is 0 Å². The second-order valence-corrected chi connectivity index (χ2v) is 5.70. The summed E-state index contributed by atoms with van der Waals surface area (Å²) in [5.74, 6) is 1.63. The highest BCUT2D eigenvalue weighted by molar-refractivity contribution is 5.62. The molecular weight excluding hydrogens is 297 g/mol. The van der Waals surface area contributed by atoms with Gasteiger partial charge in [0, 0.05) is 23.6 Å². The molecule has 4 rings (SSSR count). The van der Waals surface area contributed by atoms with Gasteiger partial charge in [0.15, 0.2) is 5.82 Å². The Morgan fingerprint density at radius 1 is 1.22 bits per heavy atom. The number of rotatable bonds is 6. The molecule has 1 aliphatic rings. The maximum absolute atomic E-state index is 13.0. The van der Waals surface area contributed by atoms with Gasteiger partial charge in [0.05, 0.1) is 18.4 Å². The molecule has 0 unspecified atom stereocenters. The lowest BCUT2D eigenvalue weighted by Crippen LogP contribution is -2.14. The molecule has 0 radical (unpaired) electrons. The van der Waals surface area contributed by atoms with E-state index in [2.05, 4.69) is 25.7 Å². The molecule has 1 saturated carbocycles. The van der Waals surface area contributed by atoms with E-state index in [1.165, 1.54) is 12.1 Å². The molecule has 1 fully saturated rings. The summed E-state index contributed by atoms with van der Waals surface area (Å²) in [5, 5.41) is 14.3. The maximum Gasteiger partial charge on any atom is 0.229 e. The van der Waals surface area contributed by atoms with E-state index in [-0.39, 0.29) is 5.82 Å². The molecule has 3 aromatic rings. The third kappa shape index (κ3) is 3.14. The van der Waals surface area contributed by atoms with Crippen molar-refractivity contribution in [3.05, 3.63) is 53.6 Å². The van der Waals surface area contributed by atoms with E-state index >= 15 is 0 Å². The van der Waals surface area contributed by atoms with E-state index in [1.54, 1.807) is 18.3 Å². The Morgan fingerprint density at radius 3 is 2.83 bits per heavy atom. The summed E-state index contributed by atoms with van der Waals surface area (Å²) in [4.78, 5) is 4.38. The zero-order chi connectivity index (χ0) is 15.6. The number of hydrogen-bond acceptors (Lipinski definition) is 5. The molecule has 0 aliphatic heterocycles. The number of benzene rings is 1. The van der Waals surface area contributed by atoms with Crippen LogP contribution in [0.15, 0.2) is 35.0 Å². The normalized spacial score (nSPS) is 14.3. The van der Waals surface area contributed by atoms with Gasteiger partial charge in [-0.3, -0.25) is 5.10 Å². The molecule has 6 nitrogen and oxygen atoms in total. The van der Waals surface area contributed by atoms with Crippen LogP contribution in [0.25, 0.3) is 11.3 Å². The third-order valence-corrected chi connectivity index (χ3v) is 3.86. The summed E-state index contributed by atoms with van der Waals surface area (Å²) >= 11 is 0. The summed E-state index contributed by atoms with van der Waals surface area (Å²) in [6, 6.07) is 6.33. The third-order valence-electron chi connectivity index (χ3n) is 3.86. The van der Waals surface area contributed by atoms with Crippen molar-refractivity contribution >= 4 is 0 Å². The molecule has 0 saturated heterocycles. The molecular formula is C16H16FN5O. The first kappa shape index (κ1) is 14.1. The Labute approximate surface area is 132 Å². The highest BCUT2D eigenvalue weighted by Gasteiger charge is 2.29. The molecule has 0 bridgehead atoms. The minimum absolute atomic E-state index is 0.253. The molecule has 2 N–H and O–H groups in total. The van der Waals surface area contributed by atoms with Crippen LogP contribution in [0.1, 0.15) is 36.0 Å². The standard InChI is InChI=1S/C16H16FN5O/c17-13-5-3-10(4-6-13)15-12(8-19-21-15)7-18-9-14-20-16(23-22-14)11-1-2-11/h3-6,8,11,18H,1-2,7,9H2,(H,19,21). The summed E-state index contributed by atoms with van der Waals surface area (Å²) in [6.07, 6.45) is 4.05. The second-order valence-electron chi connectivity index (χ2n) is 5.70. The molecule has 2 aromatic heterocycles. The van der Waals surface area contributed by atoms with Crippen molar-refractivity contribution in [3.63, 3.8) is 0 Å². The topological polar surface area (TPSA) is 79.6 Å². The van der Waals surface area contributed by atoms with E-state index in [0.717, 1.165) is 35.6 Å². The fraction of sp³-hybridized carbons (Fsp3) is 0.312. The van der Waals surface area contributed by atoms with Gasteiger partial charge in [-0.1, -0.05) is 5.16 Å². The fourth-order valence-corrected chi connectivity index (χ4v) is 2.46. The monoisotopic (exact) mass is 313 g/mol. The van der Waals surface area contributed by atoms with Crippen LogP contribution < -0.4 is 5.32 Å². The number of nitrogens with zero attached hydrogens (tertiary/aromatic N) is 3. The average Bonchev–Trinajstić information content (AvgIpc) is 3.12. The van der Waals surface area contributed by atoms with Gasteiger partial charge in [-0.25, -0.2) is 4.39 Å². The van der Waals surface area contributed by atoms with E-state index < -0.39 is 0 Å². The number of aromatic nitrogens is 4. The van der Waals surface area contributed by atoms with Gasteiger partial charge in [-0.05, 0) is 37.1 Å². The maximum atomic E-state index is 13.0. The van der Waals surface area contributed by atoms with E-state index in [0.29, 0.717) is 24.8 Å². The lowest BCUT2D eigenvalue weighted by molar-refractivity contribution is 0.372. The first-order valence-electron chi connectivity index (χ1n) is 7.61. The fourth-order valence-electron chi connectivity index (χ4n) is 2.46. The summed E-state index contributed by atoms with van der Waals surface area (Å²) in [5.41, 5.74) is 2.78. The lowest BCUT2D eigenvalue weighted by atomic mass is 10.1. The molecule has 0 atom stereocenters. The Morgan fingerprint density at radius 2 is 2.04 bits per heavy atom. The number of aromatic amines is 1. The smallest absolute Gasteiger partial charge is 0.229 e. The molecule has 0 amide bonds. The van der Waals surface area contributed by atoms with Crippen LogP contribution in [0.5, 0.6) is 0 Å². The Balaban J connectivity index is 1.39. The van der Waals surface area contributed by atoms with Gasteiger partial charge in [0.1, 0.15) is 5.82 Å². The Hall–Kier alpha value is -2.54. The Kier molecular flexibility index (Phi) is 3.63. The summed E-state index contributed by atoms with van der Waals surface area (Å²) < 4.78 is 18.2. The van der Waals surface area contributed by atoms with Crippen molar-refractivity contribution in [1.29, 1.82) is 0 Å². The highest BCUT2D eigenvalue weighted by Crippen LogP contribution is 2.38. The van der Waals surface area contributed by atoms with Crippen molar-refractivity contribution in [2.45, 2.75) is 31.8 Å². The van der Waals surface area contributed by atoms with Crippen molar-refractivity contribution in [1.82, 2.24) is 25.7 Å². The SMILES string of the molecule is Fc1ccc(-c2[nH]ncc2CNCc2noc(C3CC3)n2)cc1. The first-order valence-corrected chi connectivity index (χ1v) is 7.61. The molecule has 23 heavy (non-hydrogen) atoms. The second kappa shape index (κ2) is 5.92. The van der Waals surface area contributed by atoms with Crippen molar-refractivity contribution in [2.75, 3.05) is 0 Å². The number of nitrogens with one attached hydrogen (secondary N) is 2. The minimum Gasteiger partial charge on any atom is -0.339 e. The van der Waals surface area contributed by atoms with Crippen LogP contribution in [0, 0.1) is 5.82 Å².